The molecule has 0 saturated carbocycles. The third-order valence-corrected chi connectivity index (χ3v) is 5.12. The first-order valence-corrected chi connectivity index (χ1v) is 10.3. The Morgan fingerprint density at radius 2 is 1.73 bits per heavy atom. The lowest BCUT2D eigenvalue weighted by molar-refractivity contribution is 0.0735. The fraction of sp³-hybridized carbons (Fsp3) is 0. The van der Waals surface area contributed by atoms with Crippen molar-refractivity contribution in [3.8, 4) is 17.0 Å². The van der Waals surface area contributed by atoms with Crippen molar-refractivity contribution >= 4 is 40.3 Å². The second-order valence-corrected chi connectivity index (χ2v) is 7.53. The summed E-state index contributed by atoms with van der Waals surface area (Å²) in [5.74, 6) is 0.0141. The van der Waals surface area contributed by atoms with E-state index in [0.717, 1.165) is 16.8 Å². The van der Waals surface area contributed by atoms with Crippen LogP contribution in [0.2, 0.25) is 5.02 Å². The molecule has 5 nitrogen and oxygen atoms in total. The number of hydrogen-bond acceptors (Lipinski definition) is 6. The van der Waals surface area contributed by atoms with Crippen LogP contribution in [0.5, 0.6) is 5.75 Å². The molecule has 1 heterocycles. The van der Waals surface area contributed by atoms with Crippen molar-refractivity contribution in [3.63, 3.8) is 0 Å². The summed E-state index contributed by atoms with van der Waals surface area (Å²) in [6.45, 7) is 0. The normalized spacial score (nSPS) is 10.8. The molecule has 0 unspecified atom stereocenters. The van der Waals surface area contributed by atoms with Crippen molar-refractivity contribution in [2.75, 3.05) is 5.43 Å². The van der Waals surface area contributed by atoms with Gasteiger partial charge in [-0.25, -0.2) is 9.78 Å². The predicted molar refractivity (Wildman–Crippen MR) is 122 cm³/mol. The van der Waals surface area contributed by atoms with E-state index in [0.29, 0.717) is 21.5 Å². The first kappa shape index (κ1) is 19.8. The number of anilines is 1. The second kappa shape index (κ2) is 9.35. The van der Waals surface area contributed by atoms with E-state index < -0.39 is 5.97 Å². The average Bonchev–Trinajstić information content (AvgIpc) is 3.25. The standard InChI is InChI=1S/C23H16ClN3O2S/c24-19-10-8-18(9-11-19)22(28)29-20-12-6-16(7-13-20)14-25-27-23-26-21(15-30-23)17-4-2-1-3-5-17/h1-15H,(H,26,27). The summed E-state index contributed by atoms with van der Waals surface area (Å²) in [6, 6.07) is 23.6. The molecule has 0 atom stereocenters. The number of nitrogens with one attached hydrogen (secondary N) is 1. The topological polar surface area (TPSA) is 63.6 Å². The van der Waals surface area contributed by atoms with E-state index >= 15 is 0 Å². The summed E-state index contributed by atoms with van der Waals surface area (Å²) in [4.78, 5) is 16.7. The fourth-order valence-electron chi connectivity index (χ4n) is 2.60. The zero-order chi connectivity index (χ0) is 20.8. The molecule has 1 aromatic heterocycles. The quantitative estimate of drug-likeness (QED) is 0.172. The Morgan fingerprint density at radius 3 is 2.47 bits per heavy atom. The van der Waals surface area contributed by atoms with E-state index in [1.165, 1.54) is 11.3 Å². The molecule has 0 bridgehead atoms. The van der Waals surface area contributed by atoms with Crippen molar-refractivity contribution in [2.24, 2.45) is 5.10 Å². The SMILES string of the molecule is O=C(Oc1ccc(C=NNc2nc(-c3ccccc3)cs2)cc1)c1ccc(Cl)cc1. The van der Waals surface area contributed by atoms with Gasteiger partial charge in [0.25, 0.3) is 0 Å². The number of hydrogen-bond donors (Lipinski definition) is 1. The van der Waals surface area contributed by atoms with Gasteiger partial charge in [-0.15, -0.1) is 11.3 Å². The van der Waals surface area contributed by atoms with Crippen LogP contribution in [0.25, 0.3) is 11.3 Å². The van der Waals surface area contributed by atoms with Crippen LogP contribution in [0.1, 0.15) is 15.9 Å². The van der Waals surface area contributed by atoms with Crippen LogP contribution in [0.3, 0.4) is 0 Å². The lowest BCUT2D eigenvalue weighted by Gasteiger charge is -2.04. The molecule has 148 valence electrons. The lowest BCUT2D eigenvalue weighted by atomic mass is 10.2. The van der Waals surface area contributed by atoms with Crippen molar-refractivity contribution in [2.45, 2.75) is 0 Å². The molecule has 0 radical (unpaired) electrons. The van der Waals surface area contributed by atoms with Gasteiger partial charge in [-0.05, 0) is 54.1 Å². The number of aromatic nitrogens is 1. The molecule has 0 spiro atoms. The molecule has 1 N–H and O–H groups in total. The van der Waals surface area contributed by atoms with Crippen LogP contribution in [0, 0.1) is 0 Å². The number of ether oxygens (including phenoxy) is 1. The molecule has 0 saturated heterocycles. The molecule has 0 amide bonds. The number of carbonyl (C=O) groups is 1. The highest BCUT2D eigenvalue weighted by Gasteiger charge is 2.08. The van der Waals surface area contributed by atoms with E-state index in [2.05, 4.69) is 15.5 Å². The number of hydrazone groups is 1. The van der Waals surface area contributed by atoms with Gasteiger partial charge in [0.1, 0.15) is 5.75 Å². The molecule has 0 fully saturated rings. The van der Waals surface area contributed by atoms with Crippen molar-refractivity contribution in [1.29, 1.82) is 0 Å². The monoisotopic (exact) mass is 433 g/mol. The van der Waals surface area contributed by atoms with Crippen molar-refractivity contribution in [1.82, 2.24) is 4.98 Å². The van der Waals surface area contributed by atoms with Crippen LogP contribution in [-0.2, 0) is 0 Å². The molecule has 4 rings (SSSR count). The van der Waals surface area contributed by atoms with Gasteiger partial charge in [-0.1, -0.05) is 41.9 Å². The Kier molecular flexibility index (Phi) is 6.17. The maximum atomic E-state index is 12.1. The summed E-state index contributed by atoms with van der Waals surface area (Å²) in [5.41, 5.74) is 6.20. The van der Waals surface area contributed by atoms with E-state index in [4.69, 9.17) is 16.3 Å². The summed E-state index contributed by atoms with van der Waals surface area (Å²) >= 11 is 7.32. The zero-order valence-corrected chi connectivity index (χ0v) is 17.2. The first-order valence-electron chi connectivity index (χ1n) is 9.05. The smallest absolute Gasteiger partial charge is 0.343 e. The minimum Gasteiger partial charge on any atom is -0.423 e. The van der Waals surface area contributed by atoms with Crippen LogP contribution < -0.4 is 10.2 Å². The van der Waals surface area contributed by atoms with Gasteiger partial charge < -0.3 is 4.74 Å². The van der Waals surface area contributed by atoms with Gasteiger partial charge in [0.15, 0.2) is 0 Å². The van der Waals surface area contributed by atoms with E-state index in [1.807, 2.05) is 47.8 Å². The van der Waals surface area contributed by atoms with Gasteiger partial charge in [0, 0.05) is 16.0 Å². The number of carbonyl (C=O) groups excluding carboxylic acids is 1. The van der Waals surface area contributed by atoms with Crippen molar-refractivity contribution < 1.29 is 9.53 Å². The number of rotatable bonds is 6. The molecule has 7 heteroatoms. The Balaban J connectivity index is 1.33. The Morgan fingerprint density at radius 1 is 1.00 bits per heavy atom. The largest absolute Gasteiger partial charge is 0.423 e. The van der Waals surface area contributed by atoms with Crippen molar-refractivity contribution in [3.05, 3.63) is 100 Å². The maximum Gasteiger partial charge on any atom is 0.343 e. The number of esters is 1. The summed E-state index contributed by atoms with van der Waals surface area (Å²) < 4.78 is 5.36. The number of halogens is 1. The average molecular weight is 434 g/mol. The molecular weight excluding hydrogens is 418 g/mol. The van der Waals surface area contributed by atoms with Gasteiger partial charge in [0.05, 0.1) is 17.5 Å². The molecule has 30 heavy (non-hydrogen) atoms. The first-order chi connectivity index (χ1) is 14.7. The number of benzene rings is 3. The highest BCUT2D eigenvalue weighted by molar-refractivity contribution is 7.14. The molecular formula is C23H16ClN3O2S. The second-order valence-electron chi connectivity index (χ2n) is 6.24. The van der Waals surface area contributed by atoms with Crippen LogP contribution in [-0.4, -0.2) is 17.2 Å². The summed E-state index contributed by atoms with van der Waals surface area (Å²) in [5, 5.41) is 7.48. The minimum absolute atomic E-state index is 0.437. The molecule has 0 aliphatic heterocycles. The fourth-order valence-corrected chi connectivity index (χ4v) is 3.40. The highest BCUT2D eigenvalue weighted by atomic mass is 35.5. The van der Waals surface area contributed by atoms with Gasteiger partial charge in [-0.3, -0.25) is 5.43 Å². The lowest BCUT2D eigenvalue weighted by Crippen LogP contribution is -2.08. The zero-order valence-electron chi connectivity index (χ0n) is 15.7. The molecule has 4 aromatic rings. The molecule has 0 aliphatic rings. The van der Waals surface area contributed by atoms with Crippen LogP contribution in [0.15, 0.2) is 89.3 Å². The highest BCUT2D eigenvalue weighted by Crippen LogP contribution is 2.24. The molecule has 0 aliphatic carbocycles. The van der Waals surface area contributed by atoms with Crippen LogP contribution in [0.4, 0.5) is 5.13 Å². The van der Waals surface area contributed by atoms with Crippen LogP contribution >= 0.6 is 22.9 Å². The van der Waals surface area contributed by atoms with Gasteiger partial charge >= 0.3 is 5.97 Å². The third kappa shape index (κ3) is 5.11. The summed E-state index contributed by atoms with van der Waals surface area (Å²) in [7, 11) is 0. The third-order valence-electron chi connectivity index (χ3n) is 4.12. The van der Waals surface area contributed by atoms with E-state index in [9.17, 15) is 4.79 Å². The van der Waals surface area contributed by atoms with E-state index in [1.54, 1.807) is 42.6 Å². The van der Waals surface area contributed by atoms with Gasteiger partial charge in [-0.2, -0.15) is 5.10 Å². The van der Waals surface area contributed by atoms with Gasteiger partial charge in [0.2, 0.25) is 5.13 Å². The summed E-state index contributed by atoms with van der Waals surface area (Å²) in [6.07, 6.45) is 1.67. The minimum atomic E-state index is -0.437. The number of thiazole rings is 1. The Bertz CT molecular complexity index is 1160. The molecule has 3 aromatic carbocycles. The maximum absolute atomic E-state index is 12.1. The predicted octanol–water partition coefficient (Wildman–Crippen LogP) is 6.13. The number of nitrogens with zero attached hydrogens (tertiary/aromatic N) is 2. The Labute approximate surface area is 182 Å². The Hall–Kier alpha value is -3.48. The van der Waals surface area contributed by atoms with E-state index in [-0.39, 0.29) is 0 Å².